The van der Waals surface area contributed by atoms with Crippen LogP contribution in [0.4, 0.5) is 0 Å². The molecule has 80 valence electrons. The van der Waals surface area contributed by atoms with Gasteiger partial charge in [0, 0.05) is 25.5 Å². The second-order valence-corrected chi connectivity index (χ2v) is 4.98. The molecule has 3 nitrogen and oxygen atoms in total. The summed E-state index contributed by atoms with van der Waals surface area (Å²) in [5.41, 5.74) is 2.28. The Morgan fingerprint density at radius 3 is 2.57 bits per heavy atom. The third kappa shape index (κ3) is 2.81. The Hall–Kier alpha value is 0.130. The van der Waals surface area contributed by atoms with Crippen LogP contribution in [0.15, 0.2) is 4.47 Å². The lowest BCUT2D eigenvalue weighted by Crippen LogP contribution is -2.21. The van der Waals surface area contributed by atoms with Crippen molar-refractivity contribution in [2.45, 2.75) is 13.5 Å². The summed E-state index contributed by atoms with van der Waals surface area (Å²) in [5.74, 6) is 0. The molecule has 0 aromatic carbocycles. The van der Waals surface area contributed by atoms with Gasteiger partial charge in [0.1, 0.15) is 0 Å². The van der Waals surface area contributed by atoms with E-state index in [0.717, 1.165) is 28.6 Å². The maximum Gasteiger partial charge on any atom is 0.0739 e. The minimum absolute atomic E-state index is 0.920. The Labute approximate surface area is 102 Å². The average Bonchev–Trinajstić information content (AvgIpc) is 2.33. The fourth-order valence-corrected chi connectivity index (χ4v) is 2.40. The molecule has 0 atom stereocenters. The van der Waals surface area contributed by atoms with Crippen molar-refractivity contribution in [1.29, 1.82) is 0 Å². The average molecular weight is 325 g/mol. The van der Waals surface area contributed by atoms with Gasteiger partial charge in [0.2, 0.25) is 0 Å². The smallest absolute Gasteiger partial charge is 0.0739 e. The topological polar surface area (TPSA) is 21.1 Å². The second-order valence-electron chi connectivity index (χ2n) is 3.40. The summed E-state index contributed by atoms with van der Waals surface area (Å²) in [5, 5.41) is 5.35. The Bertz CT molecular complexity index is 309. The van der Waals surface area contributed by atoms with Crippen molar-refractivity contribution in [2.75, 3.05) is 18.9 Å². The highest BCUT2D eigenvalue weighted by molar-refractivity contribution is 9.10. The van der Waals surface area contributed by atoms with Crippen molar-refractivity contribution in [3.8, 4) is 0 Å². The van der Waals surface area contributed by atoms with Crippen LogP contribution in [0.25, 0.3) is 0 Å². The molecule has 1 aromatic rings. The largest absolute Gasteiger partial charge is 0.300 e. The van der Waals surface area contributed by atoms with Crippen LogP contribution in [0.2, 0.25) is 0 Å². The molecule has 0 aliphatic carbocycles. The molecular formula is C9H15Br2N3. The summed E-state index contributed by atoms with van der Waals surface area (Å²) in [4.78, 5) is 2.26. The first-order chi connectivity index (χ1) is 6.56. The lowest BCUT2D eigenvalue weighted by molar-refractivity contribution is 0.337. The molecule has 14 heavy (non-hydrogen) atoms. The first kappa shape index (κ1) is 12.2. The zero-order chi connectivity index (χ0) is 10.7. The molecule has 1 rings (SSSR count). The molecule has 0 fully saturated rings. The van der Waals surface area contributed by atoms with Crippen LogP contribution in [0.3, 0.4) is 0 Å². The molecule has 1 heterocycles. The third-order valence-electron chi connectivity index (χ3n) is 2.15. The summed E-state index contributed by atoms with van der Waals surface area (Å²) in [7, 11) is 4.09. The Balaban J connectivity index is 2.75. The quantitative estimate of drug-likeness (QED) is 0.793. The van der Waals surface area contributed by atoms with E-state index in [1.54, 1.807) is 0 Å². The zero-order valence-corrected chi connectivity index (χ0v) is 11.9. The summed E-state index contributed by atoms with van der Waals surface area (Å²) >= 11 is 6.99. The van der Waals surface area contributed by atoms with Crippen LogP contribution in [0.5, 0.6) is 0 Å². The number of hydrogen-bond acceptors (Lipinski definition) is 2. The molecule has 0 saturated carbocycles. The van der Waals surface area contributed by atoms with Gasteiger partial charge in [-0.2, -0.15) is 5.10 Å². The molecule has 0 radical (unpaired) electrons. The van der Waals surface area contributed by atoms with Gasteiger partial charge >= 0.3 is 0 Å². The maximum atomic E-state index is 4.36. The minimum Gasteiger partial charge on any atom is -0.300 e. The van der Waals surface area contributed by atoms with E-state index in [-0.39, 0.29) is 0 Å². The van der Waals surface area contributed by atoms with Gasteiger partial charge in [0.15, 0.2) is 0 Å². The summed E-state index contributed by atoms with van der Waals surface area (Å²) < 4.78 is 3.06. The minimum atomic E-state index is 0.920. The molecule has 1 aromatic heterocycles. The van der Waals surface area contributed by atoms with Gasteiger partial charge in [-0.15, -0.1) is 0 Å². The maximum absolute atomic E-state index is 4.36. The molecule has 0 aliphatic heterocycles. The molecule has 5 heteroatoms. The Morgan fingerprint density at radius 1 is 1.50 bits per heavy atom. The molecule has 0 saturated heterocycles. The number of aryl methyl sites for hydroxylation is 2. The van der Waals surface area contributed by atoms with E-state index in [9.17, 15) is 0 Å². The predicted molar refractivity (Wildman–Crippen MR) is 65.8 cm³/mol. The van der Waals surface area contributed by atoms with Crippen molar-refractivity contribution in [1.82, 2.24) is 14.7 Å². The second kappa shape index (κ2) is 5.28. The normalized spacial score (nSPS) is 11.3. The third-order valence-corrected chi connectivity index (χ3v) is 3.53. The number of rotatable bonds is 4. The SMILES string of the molecule is Cc1nn(C)c(CN(C)CCBr)c1Br. The first-order valence-corrected chi connectivity index (χ1v) is 6.40. The Kier molecular flexibility index (Phi) is 4.60. The van der Waals surface area contributed by atoms with Crippen LogP contribution in [0, 0.1) is 6.92 Å². The van der Waals surface area contributed by atoms with Gasteiger partial charge in [-0.05, 0) is 29.9 Å². The molecule has 0 spiro atoms. The Morgan fingerprint density at radius 2 is 2.14 bits per heavy atom. The van der Waals surface area contributed by atoms with Gasteiger partial charge in [0.05, 0.1) is 15.9 Å². The van der Waals surface area contributed by atoms with Crippen molar-refractivity contribution < 1.29 is 0 Å². The van der Waals surface area contributed by atoms with E-state index in [2.05, 4.69) is 48.9 Å². The van der Waals surface area contributed by atoms with Gasteiger partial charge < -0.3 is 0 Å². The van der Waals surface area contributed by atoms with Gasteiger partial charge in [-0.3, -0.25) is 9.58 Å². The first-order valence-electron chi connectivity index (χ1n) is 4.48. The van der Waals surface area contributed by atoms with Crippen molar-refractivity contribution >= 4 is 31.9 Å². The molecular weight excluding hydrogens is 310 g/mol. The van der Waals surface area contributed by atoms with Crippen LogP contribution in [-0.2, 0) is 13.6 Å². The number of alkyl halides is 1. The van der Waals surface area contributed by atoms with E-state index < -0.39 is 0 Å². The van der Waals surface area contributed by atoms with E-state index in [1.165, 1.54) is 5.69 Å². The zero-order valence-electron chi connectivity index (χ0n) is 8.72. The molecule has 0 unspecified atom stereocenters. The number of hydrogen-bond donors (Lipinski definition) is 0. The fraction of sp³-hybridized carbons (Fsp3) is 0.667. The van der Waals surface area contributed by atoms with Crippen molar-refractivity contribution in [3.05, 3.63) is 15.9 Å². The van der Waals surface area contributed by atoms with E-state index in [4.69, 9.17) is 0 Å². The highest BCUT2D eigenvalue weighted by Gasteiger charge is 2.11. The number of aromatic nitrogens is 2. The van der Waals surface area contributed by atoms with Crippen LogP contribution >= 0.6 is 31.9 Å². The van der Waals surface area contributed by atoms with Gasteiger partial charge in [-0.25, -0.2) is 0 Å². The molecule has 0 aliphatic rings. The molecule has 0 amide bonds. The van der Waals surface area contributed by atoms with Crippen molar-refractivity contribution in [2.24, 2.45) is 7.05 Å². The van der Waals surface area contributed by atoms with Crippen LogP contribution in [0.1, 0.15) is 11.4 Å². The van der Waals surface area contributed by atoms with Crippen molar-refractivity contribution in [3.63, 3.8) is 0 Å². The van der Waals surface area contributed by atoms with E-state index in [1.807, 2.05) is 18.7 Å². The monoisotopic (exact) mass is 323 g/mol. The summed E-state index contributed by atoms with van der Waals surface area (Å²) in [6, 6.07) is 0. The van der Waals surface area contributed by atoms with E-state index >= 15 is 0 Å². The fourth-order valence-electron chi connectivity index (χ4n) is 1.33. The highest BCUT2D eigenvalue weighted by Crippen LogP contribution is 2.21. The highest BCUT2D eigenvalue weighted by atomic mass is 79.9. The number of halogens is 2. The molecule has 0 N–H and O–H groups in total. The predicted octanol–water partition coefficient (Wildman–Crippen LogP) is 2.32. The lowest BCUT2D eigenvalue weighted by Gasteiger charge is -2.15. The van der Waals surface area contributed by atoms with Crippen LogP contribution in [-0.4, -0.2) is 33.6 Å². The molecule has 0 bridgehead atoms. The summed E-state index contributed by atoms with van der Waals surface area (Å²) in [6.07, 6.45) is 0. The number of nitrogens with zero attached hydrogens (tertiary/aromatic N) is 3. The standard InChI is InChI=1S/C9H15Br2N3/c1-7-9(11)8(14(3)12-7)6-13(2)5-4-10/h4-6H2,1-3H3. The van der Waals surface area contributed by atoms with Gasteiger partial charge in [-0.1, -0.05) is 15.9 Å². The van der Waals surface area contributed by atoms with Crippen LogP contribution < -0.4 is 0 Å². The summed E-state index contributed by atoms with van der Waals surface area (Å²) in [6.45, 7) is 3.97. The lowest BCUT2D eigenvalue weighted by atomic mass is 10.3. The van der Waals surface area contributed by atoms with Gasteiger partial charge in [0.25, 0.3) is 0 Å². The van der Waals surface area contributed by atoms with E-state index in [0.29, 0.717) is 0 Å².